The van der Waals surface area contributed by atoms with Gasteiger partial charge in [0.15, 0.2) is 6.10 Å². The van der Waals surface area contributed by atoms with Crippen LogP contribution in [-0.2, 0) is 28.6 Å². The SMILES string of the molecule is CCCCCCCCCCCCCCCCCC(=O)OC[C@@H](COC(=O)CCCCCCCCCCCCC(C)C)OC(=O)CCCCCCCCCCC(C)CC. The second-order valence-electron chi connectivity index (χ2n) is 18.5. The van der Waals surface area contributed by atoms with Crippen LogP contribution in [0.15, 0.2) is 0 Å². The van der Waals surface area contributed by atoms with Crippen LogP contribution < -0.4 is 0 Å². The van der Waals surface area contributed by atoms with Crippen molar-refractivity contribution in [3.63, 3.8) is 0 Å². The number of unbranched alkanes of at least 4 members (excludes halogenated alkanes) is 30. The first-order valence-corrected chi connectivity index (χ1v) is 25.8. The maximum absolute atomic E-state index is 12.8. The van der Waals surface area contributed by atoms with E-state index < -0.39 is 6.10 Å². The zero-order chi connectivity index (χ0) is 42.6. The molecule has 344 valence electrons. The lowest BCUT2D eigenvalue weighted by atomic mass is 9.99. The standard InChI is InChI=1S/C52H100O6/c1-6-8-9-10-11-12-13-14-15-16-17-21-27-32-37-42-50(53)56-45-49(58-52(55)44-39-34-29-24-23-26-31-36-41-48(5)7-2)46-57-51(54)43-38-33-28-22-19-18-20-25-30-35-40-47(3)4/h47-49H,6-46H2,1-5H3/t48?,49-/m0/s1. The molecule has 6 nitrogen and oxygen atoms in total. The monoisotopic (exact) mass is 821 g/mol. The van der Waals surface area contributed by atoms with Crippen molar-refractivity contribution in [2.24, 2.45) is 11.8 Å². The molecule has 1 unspecified atom stereocenters. The van der Waals surface area contributed by atoms with E-state index in [2.05, 4.69) is 34.6 Å². The molecule has 0 aromatic carbocycles. The highest BCUT2D eigenvalue weighted by atomic mass is 16.6. The van der Waals surface area contributed by atoms with Gasteiger partial charge in [0.05, 0.1) is 0 Å². The maximum Gasteiger partial charge on any atom is 0.306 e. The first-order valence-electron chi connectivity index (χ1n) is 25.8. The fraction of sp³-hybridized carbons (Fsp3) is 0.942. The van der Waals surface area contributed by atoms with Gasteiger partial charge in [-0.05, 0) is 31.1 Å². The lowest BCUT2D eigenvalue weighted by Crippen LogP contribution is -2.30. The summed E-state index contributed by atoms with van der Waals surface area (Å²) in [6.07, 6.45) is 45.1. The molecule has 0 amide bonds. The fourth-order valence-corrected chi connectivity index (χ4v) is 7.78. The zero-order valence-electron chi connectivity index (χ0n) is 39.7. The third kappa shape index (κ3) is 44.0. The molecule has 6 heteroatoms. The van der Waals surface area contributed by atoms with E-state index in [1.807, 2.05) is 0 Å². The van der Waals surface area contributed by atoms with E-state index in [0.717, 1.165) is 69.6 Å². The number of carbonyl (C=O) groups is 3. The number of rotatable bonds is 46. The molecule has 0 spiro atoms. The molecule has 0 saturated heterocycles. The predicted octanol–water partition coefficient (Wildman–Crippen LogP) is 16.5. The second kappa shape index (κ2) is 44.9. The summed E-state index contributed by atoms with van der Waals surface area (Å²) >= 11 is 0. The fourth-order valence-electron chi connectivity index (χ4n) is 7.78. The molecule has 58 heavy (non-hydrogen) atoms. The molecule has 0 aromatic heterocycles. The smallest absolute Gasteiger partial charge is 0.306 e. The van der Waals surface area contributed by atoms with Crippen LogP contribution in [0.4, 0.5) is 0 Å². The number of esters is 3. The van der Waals surface area contributed by atoms with Gasteiger partial charge < -0.3 is 14.2 Å². The highest BCUT2D eigenvalue weighted by Gasteiger charge is 2.19. The molecule has 0 fully saturated rings. The van der Waals surface area contributed by atoms with E-state index in [0.29, 0.717) is 19.3 Å². The number of ether oxygens (including phenoxy) is 3. The Morgan fingerprint density at radius 3 is 0.983 bits per heavy atom. The third-order valence-electron chi connectivity index (χ3n) is 12.1. The van der Waals surface area contributed by atoms with Crippen LogP contribution in [0.3, 0.4) is 0 Å². The summed E-state index contributed by atoms with van der Waals surface area (Å²) in [5.41, 5.74) is 0. The van der Waals surface area contributed by atoms with Gasteiger partial charge >= 0.3 is 17.9 Å². The van der Waals surface area contributed by atoms with Gasteiger partial charge in [0.1, 0.15) is 13.2 Å². The first kappa shape index (κ1) is 56.4. The molecule has 0 aliphatic heterocycles. The van der Waals surface area contributed by atoms with Crippen molar-refractivity contribution in [1.29, 1.82) is 0 Å². The van der Waals surface area contributed by atoms with Crippen molar-refractivity contribution in [3.05, 3.63) is 0 Å². The Hall–Kier alpha value is -1.59. The lowest BCUT2D eigenvalue weighted by molar-refractivity contribution is -0.167. The van der Waals surface area contributed by atoms with Gasteiger partial charge in [0.2, 0.25) is 0 Å². The summed E-state index contributed by atoms with van der Waals surface area (Å²) in [6.45, 7) is 11.4. The Kier molecular flexibility index (Phi) is 43.7. The Labute approximate surface area is 361 Å². The Bertz CT molecular complexity index is 887. The normalized spacial score (nSPS) is 12.5. The van der Waals surface area contributed by atoms with Crippen molar-refractivity contribution in [2.75, 3.05) is 13.2 Å². The largest absolute Gasteiger partial charge is 0.462 e. The minimum atomic E-state index is -0.762. The molecule has 0 saturated carbocycles. The van der Waals surface area contributed by atoms with E-state index in [4.69, 9.17) is 14.2 Å². The molecule has 0 heterocycles. The van der Waals surface area contributed by atoms with Crippen LogP contribution in [0.1, 0.15) is 285 Å². The number of hydrogen-bond acceptors (Lipinski definition) is 6. The van der Waals surface area contributed by atoms with E-state index in [1.165, 1.54) is 173 Å². The van der Waals surface area contributed by atoms with Crippen LogP contribution in [-0.4, -0.2) is 37.2 Å². The second-order valence-corrected chi connectivity index (χ2v) is 18.5. The van der Waals surface area contributed by atoms with Gasteiger partial charge in [0, 0.05) is 19.3 Å². The average molecular weight is 821 g/mol. The average Bonchev–Trinajstić information content (AvgIpc) is 3.21. The Morgan fingerprint density at radius 2 is 0.655 bits per heavy atom. The molecule has 0 aliphatic carbocycles. The lowest BCUT2D eigenvalue weighted by Gasteiger charge is -2.18. The summed E-state index contributed by atoms with van der Waals surface area (Å²) in [7, 11) is 0. The van der Waals surface area contributed by atoms with Gasteiger partial charge in [-0.3, -0.25) is 14.4 Å². The van der Waals surface area contributed by atoms with Crippen molar-refractivity contribution in [2.45, 2.75) is 291 Å². The minimum Gasteiger partial charge on any atom is -0.462 e. The van der Waals surface area contributed by atoms with E-state index >= 15 is 0 Å². The van der Waals surface area contributed by atoms with Crippen molar-refractivity contribution < 1.29 is 28.6 Å². The molecule has 0 radical (unpaired) electrons. The molecular weight excluding hydrogens is 721 g/mol. The van der Waals surface area contributed by atoms with Gasteiger partial charge in [-0.25, -0.2) is 0 Å². The molecule has 0 N–H and O–H groups in total. The quantitative estimate of drug-likeness (QED) is 0.0346. The number of hydrogen-bond donors (Lipinski definition) is 0. The minimum absolute atomic E-state index is 0.0641. The summed E-state index contributed by atoms with van der Waals surface area (Å²) in [4.78, 5) is 37.9. The Morgan fingerprint density at radius 1 is 0.362 bits per heavy atom. The summed E-state index contributed by atoms with van der Waals surface area (Å²) in [6, 6.07) is 0. The van der Waals surface area contributed by atoms with Crippen molar-refractivity contribution in [3.8, 4) is 0 Å². The van der Waals surface area contributed by atoms with E-state index in [9.17, 15) is 14.4 Å². The van der Waals surface area contributed by atoms with Gasteiger partial charge in [-0.2, -0.15) is 0 Å². The van der Waals surface area contributed by atoms with Crippen LogP contribution in [0.5, 0.6) is 0 Å². The summed E-state index contributed by atoms with van der Waals surface area (Å²) in [5.74, 6) is 0.813. The molecule has 0 aliphatic rings. The number of carbonyl (C=O) groups excluding carboxylic acids is 3. The third-order valence-corrected chi connectivity index (χ3v) is 12.1. The highest BCUT2D eigenvalue weighted by molar-refractivity contribution is 5.71. The molecular formula is C52H100O6. The van der Waals surface area contributed by atoms with E-state index in [-0.39, 0.29) is 31.1 Å². The van der Waals surface area contributed by atoms with Crippen molar-refractivity contribution >= 4 is 17.9 Å². The zero-order valence-corrected chi connectivity index (χ0v) is 39.7. The van der Waals surface area contributed by atoms with Crippen molar-refractivity contribution in [1.82, 2.24) is 0 Å². The summed E-state index contributed by atoms with van der Waals surface area (Å²) < 4.78 is 16.8. The predicted molar refractivity (Wildman–Crippen MR) is 247 cm³/mol. The van der Waals surface area contributed by atoms with E-state index in [1.54, 1.807) is 0 Å². The first-order chi connectivity index (χ1) is 28.3. The molecule has 2 atom stereocenters. The van der Waals surface area contributed by atoms with Gasteiger partial charge in [-0.1, -0.05) is 247 Å². The maximum atomic E-state index is 12.8. The van der Waals surface area contributed by atoms with Crippen LogP contribution in [0.25, 0.3) is 0 Å². The van der Waals surface area contributed by atoms with Crippen LogP contribution in [0.2, 0.25) is 0 Å². The molecule has 0 aromatic rings. The highest BCUT2D eigenvalue weighted by Crippen LogP contribution is 2.18. The van der Waals surface area contributed by atoms with Crippen LogP contribution in [0, 0.1) is 11.8 Å². The van der Waals surface area contributed by atoms with Gasteiger partial charge in [0.25, 0.3) is 0 Å². The molecule has 0 rings (SSSR count). The molecule has 0 bridgehead atoms. The topological polar surface area (TPSA) is 78.9 Å². The van der Waals surface area contributed by atoms with Crippen LogP contribution >= 0.6 is 0 Å². The van der Waals surface area contributed by atoms with Gasteiger partial charge in [-0.15, -0.1) is 0 Å². The summed E-state index contributed by atoms with van der Waals surface area (Å²) in [5, 5.41) is 0. The Balaban J connectivity index is 4.32.